The lowest BCUT2D eigenvalue weighted by Gasteiger charge is -2.11. The molecule has 0 saturated carbocycles. The molecule has 1 aromatic rings. The van der Waals surface area contributed by atoms with Crippen LogP contribution in [0.1, 0.15) is 18.4 Å². The summed E-state index contributed by atoms with van der Waals surface area (Å²) in [7, 11) is 3.10. The second-order valence-electron chi connectivity index (χ2n) is 4.21. The largest absolute Gasteiger partial charge is 0.493 e. The molecular formula is C15H19NO5. The minimum Gasteiger partial charge on any atom is -0.493 e. The van der Waals surface area contributed by atoms with E-state index >= 15 is 0 Å². The summed E-state index contributed by atoms with van der Waals surface area (Å²) in [5.74, 6) is 0.0348. The number of aliphatic carboxylic acids is 1. The molecule has 0 aliphatic heterocycles. The van der Waals surface area contributed by atoms with Gasteiger partial charge in [0.2, 0.25) is 5.91 Å². The highest BCUT2D eigenvalue weighted by molar-refractivity contribution is 5.85. The van der Waals surface area contributed by atoms with E-state index in [1.807, 2.05) is 0 Å². The number of rotatable bonds is 8. The molecule has 0 saturated heterocycles. The van der Waals surface area contributed by atoms with Gasteiger partial charge in [-0.1, -0.05) is 6.07 Å². The van der Waals surface area contributed by atoms with Crippen LogP contribution in [0.3, 0.4) is 0 Å². The van der Waals surface area contributed by atoms with Crippen molar-refractivity contribution in [2.24, 2.45) is 0 Å². The van der Waals surface area contributed by atoms with Crippen molar-refractivity contribution in [1.82, 2.24) is 5.32 Å². The number of carboxylic acid groups (broad SMARTS) is 1. The minimum absolute atomic E-state index is 0.0280. The number of ether oxygens (including phenoxy) is 2. The van der Waals surface area contributed by atoms with Gasteiger partial charge in [-0.25, -0.2) is 4.79 Å². The molecule has 21 heavy (non-hydrogen) atoms. The third-order valence-corrected chi connectivity index (χ3v) is 2.69. The van der Waals surface area contributed by atoms with Gasteiger partial charge >= 0.3 is 5.97 Å². The topological polar surface area (TPSA) is 84.9 Å². The second kappa shape index (κ2) is 8.63. The summed E-state index contributed by atoms with van der Waals surface area (Å²) >= 11 is 0. The average Bonchev–Trinajstić information content (AvgIpc) is 2.49. The zero-order valence-corrected chi connectivity index (χ0v) is 12.1. The van der Waals surface area contributed by atoms with E-state index in [2.05, 4.69) is 5.32 Å². The van der Waals surface area contributed by atoms with Crippen molar-refractivity contribution >= 4 is 18.0 Å². The molecule has 6 nitrogen and oxygen atoms in total. The second-order valence-corrected chi connectivity index (χ2v) is 4.21. The Bertz CT molecular complexity index is 525. The van der Waals surface area contributed by atoms with Crippen LogP contribution in [0.25, 0.3) is 6.08 Å². The van der Waals surface area contributed by atoms with Gasteiger partial charge in [0.1, 0.15) is 0 Å². The summed E-state index contributed by atoms with van der Waals surface area (Å²) in [5, 5.41) is 11.1. The summed E-state index contributed by atoms with van der Waals surface area (Å²) in [6.07, 6.45) is 3.53. The first-order valence-corrected chi connectivity index (χ1v) is 6.49. The van der Waals surface area contributed by atoms with Gasteiger partial charge in [-0.15, -0.1) is 0 Å². The lowest BCUT2D eigenvalue weighted by atomic mass is 10.2. The predicted octanol–water partition coefficient (Wildman–Crippen LogP) is 1.70. The van der Waals surface area contributed by atoms with Crippen LogP contribution in [0, 0.1) is 0 Å². The van der Waals surface area contributed by atoms with E-state index in [4.69, 9.17) is 14.6 Å². The van der Waals surface area contributed by atoms with E-state index in [9.17, 15) is 9.59 Å². The van der Waals surface area contributed by atoms with Crippen molar-refractivity contribution < 1.29 is 24.2 Å². The minimum atomic E-state index is -1.01. The van der Waals surface area contributed by atoms with Gasteiger partial charge < -0.3 is 19.9 Å². The van der Waals surface area contributed by atoms with E-state index in [-0.39, 0.29) is 5.91 Å². The molecule has 2 N–H and O–H groups in total. The van der Waals surface area contributed by atoms with Gasteiger partial charge in [0.15, 0.2) is 11.5 Å². The fourth-order valence-electron chi connectivity index (χ4n) is 1.61. The fourth-order valence-corrected chi connectivity index (χ4v) is 1.61. The van der Waals surface area contributed by atoms with Crippen LogP contribution in [0.15, 0.2) is 24.3 Å². The Hall–Kier alpha value is -2.50. The SMILES string of the molecule is CNC(=O)CCCOc1ccc(C=CC(=O)O)cc1OC. The van der Waals surface area contributed by atoms with Crippen LogP contribution in [0.5, 0.6) is 11.5 Å². The van der Waals surface area contributed by atoms with E-state index < -0.39 is 5.97 Å². The molecule has 0 unspecified atom stereocenters. The molecule has 0 aliphatic carbocycles. The first-order valence-electron chi connectivity index (χ1n) is 6.49. The Kier molecular flexibility index (Phi) is 6.80. The van der Waals surface area contributed by atoms with E-state index in [0.29, 0.717) is 36.5 Å². The summed E-state index contributed by atoms with van der Waals surface area (Å²) < 4.78 is 10.8. The summed E-state index contributed by atoms with van der Waals surface area (Å²) in [6.45, 7) is 0.397. The third kappa shape index (κ3) is 5.99. The van der Waals surface area contributed by atoms with Crippen LogP contribution in [0.2, 0.25) is 0 Å². The lowest BCUT2D eigenvalue weighted by Crippen LogP contribution is -2.18. The van der Waals surface area contributed by atoms with Gasteiger partial charge in [-0.3, -0.25) is 4.79 Å². The molecule has 0 radical (unpaired) electrons. The Morgan fingerprint density at radius 3 is 2.71 bits per heavy atom. The number of nitrogens with one attached hydrogen (secondary N) is 1. The van der Waals surface area contributed by atoms with Crippen LogP contribution < -0.4 is 14.8 Å². The zero-order valence-electron chi connectivity index (χ0n) is 12.1. The molecule has 0 aromatic heterocycles. The third-order valence-electron chi connectivity index (χ3n) is 2.69. The first-order chi connectivity index (χ1) is 10.1. The van der Waals surface area contributed by atoms with Gasteiger partial charge in [-0.05, 0) is 30.2 Å². The number of hydrogen-bond acceptors (Lipinski definition) is 4. The van der Waals surface area contributed by atoms with Crippen molar-refractivity contribution in [2.45, 2.75) is 12.8 Å². The van der Waals surface area contributed by atoms with Crippen molar-refractivity contribution in [1.29, 1.82) is 0 Å². The average molecular weight is 293 g/mol. The maximum absolute atomic E-state index is 11.1. The molecule has 6 heteroatoms. The predicted molar refractivity (Wildman–Crippen MR) is 78.5 cm³/mol. The molecule has 0 spiro atoms. The highest BCUT2D eigenvalue weighted by Crippen LogP contribution is 2.28. The van der Waals surface area contributed by atoms with E-state index in [1.54, 1.807) is 25.2 Å². The van der Waals surface area contributed by atoms with Crippen LogP contribution in [-0.2, 0) is 9.59 Å². The number of carbonyl (C=O) groups excluding carboxylic acids is 1. The quantitative estimate of drug-likeness (QED) is 0.563. The summed E-state index contributed by atoms with van der Waals surface area (Å²) in [6, 6.07) is 5.13. The van der Waals surface area contributed by atoms with Crippen molar-refractivity contribution in [3.05, 3.63) is 29.8 Å². The Morgan fingerprint density at radius 1 is 1.33 bits per heavy atom. The fraction of sp³-hybridized carbons (Fsp3) is 0.333. The number of carboxylic acids is 1. The zero-order chi connectivity index (χ0) is 15.7. The maximum Gasteiger partial charge on any atom is 0.328 e. The number of carbonyl (C=O) groups is 2. The molecule has 1 amide bonds. The van der Waals surface area contributed by atoms with E-state index in [1.165, 1.54) is 13.2 Å². The highest BCUT2D eigenvalue weighted by Gasteiger charge is 2.05. The van der Waals surface area contributed by atoms with E-state index in [0.717, 1.165) is 6.08 Å². The lowest BCUT2D eigenvalue weighted by molar-refractivity contribution is -0.131. The first kappa shape index (κ1) is 16.6. The number of amides is 1. The number of methoxy groups -OCH3 is 1. The molecule has 0 bridgehead atoms. The monoisotopic (exact) mass is 293 g/mol. The highest BCUT2D eigenvalue weighted by atomic mass is 16.5. The Labute approximate surface area is 123 Å². The maximum atomic E-state index is 11.1. The van der Waals surface area contributed by atoms with Gasteiger partial charge in [0, 0.05) is 19.5 Å². The van der Waals surface area contributed by atoms with Crippen molar-refractivity contribution in [3.63, 3.8) is 0 Å². The smallest absolute Gasteiger partial charge is 0.328 e. The standard InChI is InChI=1S/C15H19NO5/c1-16-14(17)4-3-9-21-12-7-5-11(6-8-15(18)19)10-13(12)20-2/h5-8,10H,3-4,9H2,1-2H3,(H,16,17)(H,18,19). The Morgan fingerprint density at radius 2 is 2.10 bits per heavy atom. The van der Waals surface area contributed by atoms with Crippen molar-refractivity contribution in [2.75, 3.05) is 20.8 Å². The summed E-state index contributed by atoms with van der Waals surface area (Å²) in [4.78, 5) is 21.5. The van der Waals surface area contributed by atoms with Crippen molar-refractivity contribution in [3.8, 4) is 11.5 Å². The van der Waals surface area contributed by atoms with Crippen LogP contribution >= 0.6 is 0 Å². The molecule has 0 heterocycles. The van der Waals surface area contributed by atoms with Gasteiger partial charge in [0.05, 0.1) is 13.7 Å². The van der Waals surface area contributed by atoms with Gasteiger partial charge in [0.25, 0.3) is 0 Å². The molecule has 0 fully saturated rings. The molecule has 1 rings (SSSR count). The van der Waals surface area contributed by atoms with Crippen LogP contribution in [-0.4, -0.2) is 37.7 Å². The molecular weight excluding hydrogens is 274 g/mol. The number of benzene rings is 1. The van der Waals surface area contributed by atoms with Crippen LogP contribution in [0.4, 0.5) is 0 Å². The Balaban J connectivity index is 2.62. The molecule has 0 atom stereocenters. The molecule has 0 aliphatic rings. The van der Waals surface area contributed by atoms with Gasteiger partial charge in [-0.2, -0.15) is 0 Å². The normalized spacial score (nSPS) is 10.4. The molecule has 114 valence electrons. The molecule has 1 aromatic carbocycles. The summed E-state index contributed by atoms with van der Waals surface area (Å²) in [5.41, 5.74) is 0.701. The number of hydrogen-bond donors (Lipinski definition) is 2.